The summed E-state index contributed by atoms with van der Waals surface area (Å²) in [4.78, 5) is 2.59. The van der Waals surface area contributed by atoms with Gasteiger partial charge in [-0.25, -0.2) is 0 Å². The number of hydrogen-bond acceptors (Lipinski definition) is 4. The van der Waals surface area contributed by atoms with E-state index in [0.717, 1.165) is 18.0 Å². The molecule has 0 spiro atoms. The molecular weight excluding hydrogens is 324 g/mol. The van der Waals surface area contributed by atoms with Gasteiger partial charge in [0.2, 0.25) is 0 Å². The average molecular weight is 354 g/mol. The van der Waals surface area contributed by atoms with Crippen molar-refractivity contribution in [1.29, 1.82) is 0 Å². The first-order chi connectivity index (χ1) is 12.8. The van der Waals surface area contributed by atoms with Gasteiger partial charge in [0.05, 0.1) is 6.20 Å². The van der Waals surface area contributed by atoms with E-state index in [2.05, 4.69) is 40.3 Å². The number of nitrogens with zero attached hydrogens (tertiary/aromatic N) is 4. The van der Waals surface area contributed by atoms with Gasteiger partial charge in [0.25, 0.3) is 0 Å². The van der Waals surface area contributed by atoms with E-state index in [-0.39, 0.29) is 0 Å². The fraction of sp³-hybridized carbons (Fsp3) is 0.619. The van der Waals surface area contributed by atoms with Crippen molar-refractivity contribution in [3.8, 4) is 5.75 Å². The molecule has 1 fully saturated rings. The number of fused-ring (bicyclic) bond motifs is 1. The molecule has 0 amide bonds. The number of benzene rings is 1. The maximum Gasteiger partial charge on any atom is 0.134 e. The van der Waals surface area contributed by atoms with Gasteiger partial charge in [-0.15, -0.1) is 5.10 Å². The molecule has 0 saturated carbocycles. The van der Waals surface area contributed by atoms with Crippen LogP contribution in [-0.4, -0.2) is 39.5 Å². The Morgan fingerprint density at radius 2 is 2.12 bits per heavy atom. The molecule has 1 unspecified atom stereocenters. The molecule has 1 aromatic carbocycles. The third kappa shape index (κ3) is 4.26. The molecule has 0 radical (unpaired) electrons. The first kappa shape index (κ1) is 17.5. The second-order valence-electron chi connectivity index (χ2n) is 7.81. The van der Waals surface area contributed by atoms with Gasteiger partial charge in [-0.3, -0.25) is 4.68 Å². The standard InChI is InChI=1S/C21H30N4O/c1-2-10-24-11-4-5-17(13-24)14-25-15-20(22-23-25)16-26-21-9-8-18-6-3-7-19(18)12-21/h8-9,12,15,17H,2-7,10-11,13-14,16H2,1H3. The van der Waals surface area contributed by atoms with Crippen LogP contribution in [0, 0.1) is 5.92 Å². The highest BCUT2D eigenvalue weighted by Crippen LogP contribution is 2.26. The zero-order valence-electron chi connectivity index (χ0n) is 15.9. The molecule has 1 aliphatic carbocycles. The van der Waals surface area contributed by atoms with Crippen LogP contribution in [0.1, 0.15) is 49.4 Å². The first-order valence-electron chi connectivity index (χ1n) is 10.2. The van der Waals surface area contributed by atoms with Crippen LogP contribution in [0.5, 0.6) is 5.75 Å². The molecule has 2 heterocycles. The van der Waals surface area contributed by atoms with E-state index in [1.54, 1.807) is 0 Å². The number of piperidine rings is 1. The van der Waals surface area contributed by atoms with Gasteiger partial charge < -0.3 is 9.64 Å². The summed E-state index contributed by atoms with van der Waals surface area (Å²) in [5, 5.41) is 8.62. The predicted molar refractivity (Wildman–Crippen MR) is 102 cm³/mol. The molecule has 1 aromatic heterocycles. The minimum absolute atomic E-state index is 0.491. The largest absolute Gasteiger partial charge is 0.487 e. The summed E-state index contributed by atoms with van der Waals surface area (Å²) in [5.41, 5.74) is 3.83. The van der Waals surface area contributed by atoms with Crippen molar-refractivity contribution in [3.63, 3.8) is 0 Å². The number of ether oxygens (including phenoxy) is 1. The van der Waals surface area contributed by atoms with E-state index >= 15 is 0 Å². The van der Waals surface area contributed by atoms with Crippen LogP contribution in [0.4, 0.5) is 0 Å². The van der Waals surface area contributed by atoms with Gasteiger partial charge in [-0.2, -0.15) is 0 Å². The molecule has 1 aliphatic heterocycles. The van der Waals surface area contributed by atoms with Gasteiger partial charge in [-0.1, -0.05) is 18.2 Å². The summed E-state index contributed by atoms with van der Waals surface area (Å²) in [5.74, 6) is 1.63. The van der Waals surface area contributed by atoms with Crippen LogP contribution in [0.25, 0.3) is 0 Å². The number of likely N-dealkylation sites (tertiary alicyclic amines) is 1. The fourth-order valence-electron chi connectivity index (χ4n) is 4.37. The molecule has 2 aliphatic rings. The lowest BCUT2D eigenvalue weighted by atomic mass is 9.98. The monoisotopic (exact) mass is 354 g/mol. The lowest BCUT2D eigenvalue weighted by Gasteiger charge is -2.32. The van der Waals surface area contributed by atoms with Crippen molar-refractivity contribution in [2.75, 3.05) is 19.6 Å². The van der Waals surface area contributed by atoms with Gasteiger partial charge in [0, 0.05) is 13.1 Å². The first-order valence-corrected chi connectivity index (χ1v) is 10.2. The highest BCUT2D eigenvalue weighted by Gasteiger charge is 2.20. The van der Waals surface area contributed by atoms with E-state index < -0.39 is 0 Å². The second kappa shape index (κ2) is 8.21. The molecule has 1 saturated heterocycles. The Bertz CT molecular complexity index is 725. The number of aromatic nitrogens is 3. The molecule has 2 aromatic rings. The Hall–Kier alpha value is -1.88. The van der Waals surface area contributed by atoms with Crippen molar-refractivity contribution < 1.29 is 4.74 Å². The number of hydrogen-bond donors (Lipinski definition) is 0. The van der Waals surface area contributed by atoms with Gasteiger partial charge in [0.15, 0.2) is 0 Å². The molecule has 5 heteroatoms. The van der Waals surface area contributed by atoms with Crippen LogP contribution in [0.3, 0.4) is 0 Å². The Morgan fingerprint density at radius 1 is 1.19 bits per heavy atom. The van der Waals surface area contributed by atoms with Gasteiger partial charge >= 0.3 is 0 Å². The van der Waals surface area contributed by atoms with E-state index in [0.29, 0.717) is 12.5 Å². The van der Waals surface area contributed by atoms with Crippen molar-refractivity contribution in [1.82, 2.24) is 19.9 Å². The molecule has 4 rings (SSSR count). The zero-order chi connectivity index (χ0) is 17.8. The highest BCUT2D eigenvalue weighted by atomic mass is 16.5. The third-order valence-electron chi connectivity index (χ3n) is 5.63. The summed E-state index contributed by atoms with van der Waals surface area (Å²) in [6.07, 6.45) is 9.53. The second-order valence-corrected chi connectivity index (χ2v) is 7.81. The van der Waals surface area contributed by atoms with Crippen LogP contribution < -0.4 is 4.74 Å². The smallest absolute Gasteiger partial charge is 0.134 e. The van der Waals surface area contributed by atoms with Crippen LogP contribution in [-0.2, 0) is 26.0 Å². The van der Waals surface area contributed by atoms with Gasteiger partial charge in [0.1, 0.15) is 18.1 Å². The normalized spacial score (nSPS) is 20.3. The third-order valence-corrected chi connectivity index (χ3v) is 5.63. The number of aryl methyl sites for hydroxylation is 2. The molecular formula is C21H30N4O. The SMILES string of the molecule is CCCN1CCCC(Cn2cc(COc3ccc4c(c3)CCC4)nn2)C1. The Morgan fingerprint density at radius 3 is 3.04 bits per heavy atom. The van der Waals surface area contributed by atoms with Crippen molar-refractivity contribution in [3.05, 3.63) is 41.2 Å². The minimum Gasteiger partial charge on any atom is -0.487 e. The maximum atomic E-state index is 5.95. The van der Waals surface area contributed by atoms with Crippen molar-refractivity contribution in [2.24, 2.45) is 5.92 Å². The van der Waals surface area contributed by atoms with E-state index in [1.807, 2.05) is 10.9 Å². The van der Waals surface area contributed by atoms with Crippen LogP contribution >= 0.6 is 0 Å². The Balaban J connectivity index is 1.29. The van der Waals surface area contributed by atoms with E-state index in [1.165, 1.54) is 69.3 Å². The highest BCUT2D eigenvalue weighted by molar-refractivity contribution is 5.38. The lowest BCUT2D eigenvalue weighted by Crippen LogP contribution is -2.37. The summed E-state index contributed by atoms with van der Waals surface area (Å²) in [6.45, 7) is 7.37. The lowest BCUT2D eigenvalue weighted by molar-refractivity contribution is 0.159. The van der Waals surface area contributed by atoms with E-state index in [9.17, 15) is 0 Å². The van der Waals surface area contributed by atoms with Crippen molar-refractivity contribution >= 4 is 0 Å². The molecule has 1 atom stereocenters. The fourth-order valence-corrected chi connectivity index (χ4v) is 4.37. The van der Waals surface area contributed by atoms with Gasteiger partial charge in [-0.05, 0) is 80.8 Å². The van der Waals surface area contributed by atoms with Crippen LogP contribution in [0.15, 0.2) is 24.4 Å². The van der Waals surface area contributed by atoms with Crippen LogP contribution in [0.2, 0.25) is 0 Å². The summed E-state index contributed by atoms with van der Waals surface area (Å²) >= 11 is 0. The quantitative estimate of drug-likeness (QED) is 0.764. The minimum atomic E-state index is 0.491. The van der Waals surface area contributed by atoms with E-state index in [4.69, 9.17) is 4.74 Å². The zero-order valence-corrected chi connectivity index (χ0v) is 15.9. The molecule has 26 heavy (non-hydrogen) atoms. The Labute approximate surface area is 156 Å². The predicted octanol–water partition coefficient (Wildman–Crippen LogP) is 3.47. The Kier molecular flexibility index (Phi) is 5.54. The summed E-state index contributed by atoms with van der Waals surface area (Å²) in [6, 6.07) is 6.48. The summed E-state index contributed by atoms with van der Waals surface area (Å²) in [7, 11) is 0. The average Bonchev–Trinajstić information content (AvgIpc) is 3.29. The topological polar surface area (TPSA) is 43.2 Å². The molecule has 140 valence electrons. The van der Waals surface area contributed by atoms with Crippen molar-refractivity contribution in [2.45, 2.75) is 58.6 Å². The maximum absolute atomic E-state index is 5.95. The molecule has 5 nitrogen and oxygen atoms in total. The molecule has 0 N–H and O–H groups in total. The molecule has 0 bridgehead atoms. The number of rotatable bonds is 7. The summed E-state index contributed by atoms with van der Waals surface area (Å²) < 4.78 is 7.95.